The van der Waals surface area contributed by atoms with Gasteiger partial charge in [-0.15, -0.1) is 0 Å². The molecule has 2 nitrogen and oxygen atoms in total. The number of carbonyl (C=O) groups excluding carboxylic acids is 1. The molecule has 0 N–H and O–H groups in total. The van der Waals surface area contributed by atoms with Gasteiger partial charge in [0.1, 0.15) is 0 Å². The van der Waals surface area contributed by atoms with E-state index in [1.54, 1.807) is 0 Å². The fraction of sp³-hybridized carbons (Fsp3) is 0.875. The number of carboxylic acids is 1. The Morgan fingerprint density at radius 1 is 1.23 bits per heavy atom. The minimum absolute atomic E-state index is 0. The van der Waals surface area contributed by atoms with Crippen molar-refractivity contribution in [3.8, 4) is 0 Å². The first-order chi connectivity index (χ1) is 5.15. The van der Waals surface area contributed by atoms with Gasteiger partial charge < -0.3 is 34.7 Å². The smallest absolute Gasteiger partial charge is 1.00 e. The number of hydrogen-bond acceptors (Lipinski definition) is 2. The van der Waals surface area contributed by atoms with Crippen LogP contribution < -0.4 is 29.9 Å². The molecule has 0 aliphatic carbocycles. The average molecular weight is 274 g/mol. The number of carbonyl (C=O) groups is 1. The van der Waals surface area contributed by atoms with Gasteiger partial charge in [0.05, 0.1) is 0 Å². The average Bonchev–Trinajstić information content (AvgIpc) is 1.88. The molecular formula is C8H16Cl2NiO2. The first-order valence-corrected chi connectivity index (χ1v) is 4.54. The third-order valence-corrected chi connectivity index (χ3v) is 1.31. The SMILES string of the molecule is CC(=O)[O-].CCCCC[CH2][Ni+3].[Cl-].[Cl-]. The molecule has 0 saturated heterocycles. The van der Waals surface area contributed by atoms with Crippen LogP contribution in [0.2, 0.25) is 5.39 Å². The molecule has 0 aliphatic rings. The number of carboxylic acid groups (broad SMARTS) is 1. The van der Waals surface area contributed by atoms with Crippen LogP contribution in [-0.4, -0.2) is 5.97 Å². The van der Waals surface area contributed by atoms with Gasteiger partial charge in [-0.3, -0.25) is 0 Å². The Morgan fingerprint density at radius 2 is 1.62 bits per heavy atom. The zero-order chi connectivity index (χ0) is 9.11. The molecule has 0 atom stereocenters. The van der Waals surface area contributed by atoms with E-state index in [1.807, 2.05) is 0 Å². The zero-order valence-electron chi connectivity index (χ0n) is 7.92. The Bertz CT molecular complexity index is 84.2. The maximum atomic E-state index is 8.89. The van der Waals surface area contributed by atoms with E-state index in [4.69, 9.17) is 9.90 Å². The predicted octanol–water partition coefficient (Wildman–Crippen LogP) is -4.70. The third kappa shape index (κ3) is 67.5. The topological polar surface area (TPSA) is 40.1 Å². The summed E-state index contributed by atoms with van der Waals surface area (Å²) in [6.07, 6.45) is 5.29. The zero-order valence-corrected chi connectivity index (χ0v) is 10.4. The van der Waals surface area contributed by atoms with Gasteiger partial charge in [-0.05, 0) is 6.92 Å². The van der Waals surface area contributed by atoms with Crippen LogP contribution in [-0.2, 0) is 20.3 Å². The van der Waals surface area contributed by atoms with Gasteiger partial charge in [-0.1, -0.05) is 0 Å². The van der Waals surface area contributed by atoms with Crippen molar-refractivity contribution in [1.82, 2.24) is 0 Å². The largest absolute Gasteiger partial charge is 1.00 e. The summed E-state index contributed by atoms with van der Waals surface area (Å²) in [6, 6.07) is 0. The molecule has 13 heavy (non-hydrogen) atoms. The molecule has 0 unspecified atom stereocenters. The number of halogens is 2. The summed E-state index contributed by atoms with van der Waals surface area (Å²) in [5.74, 6) is -1.08. The van der Waals surface area contributed by atoms with E-state index in [-0.39, 0.29) is 24.8 Å². The van der Waals surface area contributed by atoms with Gasteiger partial charge in [-0.2, -0.15) is 0 Å². The van der Waals surface area contributed by atoms with Gasteiger partial charge in [0, 0.05) is 5.97 Å². The number of rotatable bonds is 4. The Morgan fingerprint density at radius 3 is 1.85 bits per heavy atom. The van der Waals surface area contributed by atoms with Gasteiger partial charge >= 0.3 is 53.5 Å². The summed E-state index contributed by atoms with van der Waals surface area (Å²) in [7, 11) is 0. The van der Waals surface area contributed by atoms with Crippen LogP contribution in [0.25, 0.3) is 0 Å². The molecule has 0 aromatic carbocycles. The van der Waals surface area contributed by atoms with Crippen LogP contribution in [0.4, 0.5) is 0 Å². The molecule has 84 valence electrons. The Labute approximate surface area is 101 Å². The van der Waals surface area contributed by atoms with E-state index in [0.29, 0.717) is 0 Å². The van der Waals surface area contributed by atoms with Crippen molar-refractivity contribution in [2.45, 2.75) is 44.9 Å². The summed E-state index contributed by atoms with van der Waals surface area (Å²) in [5.41, 5.74) is 0. The minimum atomic E-state index is -1.08. The molecule has 0 heterocycles. The Balaban J connectivity index is -0.0000000600. The standard InChI is InChI=1S/C6H13.C2H4O2.2ClH.Ni/c1-3-5-6-4-2;1-2(3)4;;;/h1,3-6H2,2H3;1H3,(H,3,4);2*1H;/q;;;;+3/p-3. The van der Waals surface area contributed by atoms with Crippen LogP contribution in [0.5, 0.6) is 0 Å². The molecule has 0 radical (unpaired) electrons. The number of aliphatic carboxylic acids is 1. The maximum Gasteiger partial charge on any atom is -1.00 e. The van der Waals surface area contributed by atoms with E-state index in [1.165, 1.54) is 25.7 Å². The van der Waals surface area contributed by atoms with Crippen molar-refractivity contribution in [3.05, 3.63) is 0 Å². The molecule has 0 aromatic heterocycles. The van der Waals surface area contributed by atoms with Crippen molar-refractivity contribution >= 4 is 5.97 Å². The maximum absolute atomic E-state index is 8.89. The Hall–Kier alpha value is 0.544. The summed E-state index contributed by atoms with van der Waals surface area (Å²) >= 11 is 4.51. The van der Waals surface area contributed by atoms with E-state index < -0.39 is 5.97 Å². The molecular weight excluding hydrogens is 258 g/mol. The Kier molecular flexibility index (Phi) is 41.2. The van der Waals surface area contributed by atoms with Crippen LogP contribution >= 0.6 is 0 Å². The summed E-state index contributed by atoms with van der Waals surface area (Å²) in [5, 5.41) is 9.88. The minimum Gasteiger partial charge on any atom is -1.00 e. The fourth-order valence-electron chi connectivity index (χ4n) is 0.506. The molecule has 0 aromatic rings. The van der Waals surface area contributed by atoms with Gasteiger partial charge in [0.25, 0.3) is 0 Å². The molecule has 0 spiro atoms. The van der Waals surface area contributed by atoms with Crippen LogP contribution in [0.15, 0.2) is 0 Å². The summed E-state index contributed by atoms with van der Waals surface area (Å²) in [4.78, 5) is 8.89. The van der Waals surface area contributed by atoms with Gasteiger partial charge in [0.15, 0.2) is 0 Å². The van der Waals surface area contributed by atoms with Gasteiger partial charge in [-0.25, -0.2) is 0 Å². The fourth-order valence-corrected chi connectivity index (χ4v) is 0.753. The second-order valence-corrected chi connectivity index (χ2v) is 2.70. The third-order valence-electron chi connectivity index (χ3n) is 0.965. The summed E-state index contributed by atoms with van der Waals surface area (Å²) in [6.45, 7) is 3.19. The van der Waals surface area contributed by atoms with Crippen molar-refractivity contribution in [2.75, 3.05) is 0 Å². The second kappa shape index (κ2) is 22.9. The van der Waals surface area contributed by atoms with Crippen molar-refractivity contribution in [2.24, 2.45) is 0 Å². The number of hydrogen-bond donors (Lipinski definition) is 0. The van der Waals surface area contributed by atoms with Crippen molar-refractivity contribution in [1.29, 1.82) is 0 Å². The monoisotopic (exact) mass is 272 g/mol. The molecule has 0 fully saturated rings. The van der Waals surface area contributed by atoms with E-state index >= 15 is 0 Å². The molecule has 0 saturated carbocycles. The quantitative estimate of drug-likeness (QED) is 0.382. The van der Waals surface area contributed by atoms with E-state index in [9.17, 15) is 0 Å². The normalized spacial score (nSPS) is 7.00. The van der Waals surface area contributed by atoms with Crippen molar-refractivity contribution in [3.63, 3.8) is 0 Å². The first kappa shape index (κ1) is 23.4. The molecule has 0 rings (SSSR count). The molecule has 0 bridgehead atoms. The molecule has 0 aliphatic heterocycles. The van der Waals surface area contributed by atoms with E-state index in [2.05, 4.69) is 22.4 Å². The number of unbranched alkanes of at least 4 members (excludes halogenated alkanes) is 3. The van der Waals surface area contributed by atoms with Crippen LogP contribution in [0, 0.1) is 0 Å². The summed E-state index contributed by atoms with van der Waals surface area (Å²) < 4.78 is 0. The first-order valence-electron chi connectivity index (χ1n) is 3.84. The molecule has 5 heteroatoms. The van der Waals surface area contributed by atoms with Crippen LogP contribution in [0.1, 0.15) is 39.5 Å². The second-order valence-electron chi connectivity index (χ2n) is 2.21. The predicted molar refractivity (Wildman–Crippen MR) is 39.6 cm³/mol. The van der Waals surface area contributed by atoms with Crippen molar-refractivity contribution < 1.29 is 50.2 Å². The van der Waals surface area contributed by atoms with Crippen LogP contribution in [0.3, 0.4) is 0 Å². The molecule has 0 amide bonds. The van der Waals surface area contributed by atoms with Gasteiger partial charge in [0.2, 0.25) is 0 Å². The van der Waals surface area contributed by atoms with E-state index in [0.717, 1.165) is 12.3 Å².